The van der Waals surface area contributed by atoms with Crippen molar-refractivity contribution in [3.05, 3.63) is 35.1 Å². The molecule has 0 bridgehead atoms. The van der Waals surface area contributed by atoms with Crippen LogP contribution in [0.2, 0.25) is 0 Å². The zero-order chi connectivity index (χ0) is 10.4. The molecule has 0 aliphatic carbocycles. The Hall–Kier alpha value is -0.890. The highest BCUT2D eigenvalue weighted by Gasteiger charge is 2.00. The van der Waals surface area contributed by atoms with Crippen LogP contribution >= 0.6 is 0 Å². The van der Waals surface area contributed by atoms with Gasteiger partial charge in [-0.2, -0.15) is 0 Å². The number of hydrogen-bond donors (Lipinski definition) is 1. The minimum atomic E-state index is -0.111. The molecular formula is C12H18FN. The van der Waals surface area contributed by atoms with Crippen molar-refractivity contribution >= 4 is 0 Å². The summed E-state index contributed by atoms with van der Waals surface area (Å²) >= 11 is 0. The third-order valence-corrected chi connectivity index (χ3v) is 2.22. The topological polar surface area (TPSA) is 12.0 Å². The predicted molar refractivity (Wildman–Crippen MR) is 57.8 cm³/mol. The first kappa shape index (κ1) is 11.2. The monoisotopic (exact) mass is 195 g/mol. The van der Waals surface area contributed by atoms with Gasteiger partial charge in [0, 0.05) is 12.1 Å². The number of aryl methyl sites for hydroxylation is 1. The smallest absolute Gasteiger partial charge is 0.127 e. The van der Waals surface area contributed by atoms with Crippen molar-refractivity contribution in [1.82, 2.24) is 5.32 Å². The highest BCUT2D eigenvalue weighted by Crippen LogP contribution is 2.09. The maximum Gasteiger partial charge on any atom is 0.127 e. The van der Waals surface area contributed by atoms with Gasteiger partial charge >= 0.3 is 0 Å². The molecule has 0 aliphatic heterocycles. The van der Waals surface area contributed by atoms with Gasteiger partial charge < -0.3 is 5.32 Å². The molecule has 1 aromatic carbocycles. The molecule has 0 aromatic heterocycles. The van der Waals surface area contributed by atoms with Crippen LogP contribution in [0.3, 0.4) is 0 Å². The molecule has 0 atom stereocenters. The molecule has 0 unspecified atom stereocenters. The Morgan fingerprint density at radius 3 is 2.86 bits per heavy atom. The zero-order valence-corrected chi connectivity index (χ0v) is 8.94. The van der Waals surface area contributed by atoms with E-state index in [1.165, 1.54) is 12.5 Å². The Balaban J connectivity index is 2.45. The van der Waals surface area contributed by atoms with Crippen molar-refractivity contribution < 1.29 is 4.39 Å². The van der Waals surface area contributed by atoms with Gasteiger partial charge in [-0.25, -0.2) is 4.39 Å². The molecule has 0 aliphatic rings. The molecule has 0 saturated heterocycles. The van der Waals surface area contributed by atoms with Crippen LogP contribution in [0, 0.1) is 12.7 Å². The maximum absolute atomic E-state index is 13.2. The third kappa shape index (κ3) is 3.46. The summed E-state index contributed by atoms with van der Waals surface area (Å²) in [6.45, 7) is 5.72. The fraction of sp³-hybridized carbons (Fsp3) is 0.500. The fourth-order valence-electron chi connectivity index (χ4n) is 1.36. The van der Waals surface area contributed by atoms with E-state index in [9.17, 15) is 4.39 Å². The van der Waals surface area contributed by atoms with E-state index in [1.807, 2.05) is 13.0 Å². The lowest BCUT2D eigenvalue weighted by molar-refractivity contribution is 0.579. The molecule has 78 valence electrons. The molecule has 1 nitrogen and oxygen atoms in total. The van der Waals surface area contributed by atoms with Crippen LogP contribution in [0.15, 0.2) is 18.2 Å². The number of halogens is 1. The Bertz CT molecular complexity index is 284. The van der Waals surface area contributed by atoms with Crippen LogP contribution in [0.4, 0.5) is 4.39 Å². The van der Waals surface area contributed by atoms with Gasteiger partial charge in [-0.1, -0.05) is 31.0 Å². The van der Waals surface area contributed by atoms with Crippen LogP contribution in [0.1, 0.15) is 30.9 Å². The van der Waals surface area contributed by atoms with Gasteiger partial charge in [0.1, 0.15) is 5.82 Å². The second kappa shape index (κ2) is 5.76. The van der Waals surface area contributed by atoms with Crippen molar-refractivity contribution in [2.45, 2.75) is 33.2 Å². The minimum absolute atomic E-state index is 0.111. The second-order valence-electron chi connectivity index (χ2n) is 3.63. The molecule has 0 spiro atoms. The highest BCUT2D eigenvalue weighted by molar-refractivity contribution is 5.23. The molecule has 0 heterocycles. The number of rotatable bonds is 5. The van der Waals surface area contributed by atoms with Gasteiger partial charge in [0.15, 0.2) is 0 Å². The minimum Gasteiger partial charge on any atom is -0.313 e. The van der Waals surface area contributed by atoms with Gasteiger partial charge in [-0.05, 0) is 26.0 Å². The predicted octanol–water partition coefficient (Wildman–Crippen LogP) is 3.02. The summed E-state index contributed by atoms with van der Waals surface area (Å²) in [5.74, 6) is -0.111. The van der Waals surface area contributed by atoms with E-state index >= 15 is 0 Å². The fourth-order valence-corrected chi connectivity index (χ4v) is 1.36. The lowest BCUT2D eigenvalue weighted by atomic mass is 10.1. The first-order valence-corrected chi connectivity index (χ1v) is 5.19. The van der Waals surface area contributed by atoms with Crippen molar-refractivity contribution in [2.24, 2.45) is 0 Å². The lowest BCUT2D eigenvalue weighted by Gasteiger charge is -2.06. The van der Waals surface area contributed by atoms with E-state index in [1.54, 1.807) is 6.07 Å². The van der Waals surface area contributed by atoms with E-state index in [2.05, 4.69) is 12.2 Å². The van der Waals surface area contributed by atoms with Gasteiger partial charge in [-0.15, -0.1) is 0 Å². The van der Waals surface area contributed by atoms with Crippen molar-refractivity contribution in [3.8, 4) is 0 Å². The summed E-state index contributed by atoms with van der Waals surface area (Å²) in [5, 5.41) is 3.23. The average Bonchev–Trinajstić information content (AvgIpc) is 2.18. The summed E-state index contributed by atoms with van der Waals surface area (Å²) in [7, 11) is 0. The third-order valence-electron chi connectivity index (χ3n) is 2.22. The first-order chi connectivity index (χ1) is 6.74. The van der Waals surface area contributed by atoms with E-state index in [4.69, 9.17) is 0 Å². The summed E-state index contributed by atoms with van der Waals surface area (Å²) in [6, 6.07) is 5.23. The second-order valence-corrected chi connectivity index (χ2v) is 3.63. The molecule has 1 aromatic rings. The Kier molecular flexibility index (Phi) is 4.60. The van der Waals surface area contributed by atoms with Gasteiger partial charge in [0.05, 0.1) is 0 Å². The van der Waals surface area contributed by atoms with E-state index in [-0.39, 0.29) is 5.82 Å². The molecule has 0 radical (unpaired) electrons. The van der Waals surface area contributed by atoms with Crippen LogP contribution in [-0.2, 0) is 6.54 Å². The van der Waals surface area contributed by atoms with Crippen LogP contribution < -0.4 is 5.32 Å². The highest BCUT2D eigenvalue weighted by atomic mass is 19.1. The number of benzene rings is 1. The van der Waals surface area contributed by atoms with Crippen molar-refractivity contribution in [3.63, 3.8) is 0 Å². The van der Waals surface area contributed by atoms with Gasteiger partial charge in [0.25, 0.3) is 0 Å². The summed E-state index contributed by atoms with van der Waals surface area (Å²) < 4.78 is 13.2. The lowest BCUT2D eigenvalue weighted by Crippen LogP contribution is -2.15. The average molecular weight is 195 g/mol. The quantitative estimate of drug-likeness (QED) is 0.712. The molecule has 2 heteroatoms. The van der Waals surface area contributed by atoms with Crippen LogP contribution in [0.25, 0.3) is 0 Å². The van der Waals surface area contributed by atoms with Crippen LogP contribution in [-0.4, -0.2) is 6.54 Å². The summed E-state index contributed by atoms with van der Waals surface area (Å²) in [6.07, 6.45) is 2.32. The summed E-state index contributed by atoms with van der Waals surface area (Å²) in [4.78, 5) is 0. The molecular weight excluding hydrogens is 177 g/mol. The van der Waals surface area contributed by atoms with E-state index in [0.717, 1.165) is 24.1 Å². The summed E-state index contributed by atoms with van der Waals surface area (Å²) in [5.41, 5.74) is 1.87. The Labute approximate surface area is 85.3 Å². The molecule has 0 saturated carbocycles. The maximum atomic E-state index is 13.2. The SMILES string of the molecule is CCCCNCc1cc(C)ccc1F. The zero-order valence-electron chi connectivity index (χ0n) is 8.94. The molecule has 1 rings (SSSR count). The molecule has 0 fully saturated rings. The van der Waals surface area contributed by atoms with E-state index < -0.39 is 0 Å². The van der Waals surface area contributed by atoms with Crippen LogP contribution in [0.5, 0.6) is 0 Å². The van der Waals surface area contributed by atoms with Gasteiger partial charge in [-0.3, -0.25) is 0 Å². The largest absolute Gasteiger partial charge is 0.313 e. The molecule has 14 heavy (non-hydrogen) atoms. The normalized spacial score (nSPS) is 10.5. The number of unbranched alkanes of at least 4 members (excludes halogenated alkanes) is 1. The molecule has 1 N–H and O–H groups in total. The van der Waals surface area contributed by atoms with Crippen molar-refractivity contribution in [1.29, 1.82) is 0 Å². The Morgan fingerprint density at radius 2 is 2.14 bits per heavy atom. The Morgan fingerprint density at radius 1 is 1.36 bits per heavy atom. The number of hydrogen-bond acceptors (Lipinski definition) is 1. The standard InChI is InChI=1S/C12H18FN/c1-3-4-7-14-9-11-8-10(2)5-6-12(11)13/h5-6,8,14H,3-4,7,9H2,1-2H3. The number of nitrogens with one attached hydrogen (secondary N) is 1. The first-order valence-electron chi connectivity index (χ1n) is 5.19. The van der Waals surface area contributed by atoms with E-state index in [0.29, 0.717) is 6.54 Å². The molecule has 0 amide bonds. The van der Waals surface area contributed by atoms with Crippen molar-refractivity contribution in [2.75, 3.05) is 6.54 Å². The van der Waals surface area contributed by atoms with Gasteiger partial charge in [0.2, 0.25) is 0 Å².